The molecular weight excluding hydrogens is 328 g/mol. The summed E-state index contributed by atoms with van der Waals surface area (Å²) in [7, 11) is 0. The lowest BCUT2D eigenvalue weighted by Gasteiger charge is -2.18. The summed E-state index contributed by atoms with van der Waals surface area (Å²) in [6.07, 6.45) is -0.303. The van der Waals surface area contributed by atoms with Crippen LogP contribution in [0.4, 0.5) is 0 Å². The fourth-order valence-corrected chi connectivity index (χ4v) is 3.10. The minimum Gasteiger partial charge on any atom is -0.511 e. The molecule has 0 fully saturated rings. The van der Waals surface area contributed by atoms with Crippen LogP contribution in [0.15, 0.2) is 65.9 Å². The molecule has 1 heterocycles. The topological polar surface area (TPSA) is 81.5 Å². The predicted octanol–water partition coefficient (Wildman–Crippen LogP) is 3.65. The largest absolute Gasteiger partial charge is 0.511 e. The molecule has 0 aromatic heterocycles. The molecule has 26 heavy (non-hydrogen) atoms. The van der Waals surface area contributed by atoms with Crippen LogP contribution in [0, 0.1) is 5.41 Å². The zero-order chi connectivity index (χ0) is 18.7. The number of nitrogens with zero attached hydrogens (tertiary/aromatic N) is 1. The Hall–Kier alpha value is -3.21. The van der Waals surface area contributed by atoms with Gasteiger partial charge in [0.05, 0.1) is 12.0 Å². The van der Waals surface area contributed by atoms with Crippen LogP contribution in [0.25, 0.3) is 0 Å². The summed E-state index contributed by atoms with van der Waals surface area (Å²) in [5.74, 6) is -1.07. The van der Waals surface area contributed by atoms with E-state index in [1.807, 2.05) is 24.3 Å². The predicted molar refractivity (Wildman–Crippen MR) is 99.1 cm³/mol. The van der Waals surface area contributed by atoms with Gasteiger partial charge in [-0.05, 0) is 18.1 Å². The first-order valence-electron chi connectivity index (χ1n) is 8.39. The summed E-state index contributed by atoms with van der Waals surface area (Å²) in [5.41, 5.74) is 2.43. The van der Waals surface area contributed by atoms with Crippen LogP contribution < -0.4 is 0 Å². The number of hydrogen-bond donors (Lipinski definition) is 2. The van der Waals surface area contributed by atoms with Crippen LogP contribution in [0.1, 0.15) is 34.8 Å². The summed E-state index contributed by atoms with van der Waals surface area (Å²) >= 11 is 0. The molecule has 2 aromatic rings. The van der Waals surface area contributed by atoms with Crippen LogP contribution in [-0.2, 0) is 17.9 Å². The van der Waals surface area contributed by atoms with Crippen LogP contribution in [0.5, 0.6) is 0 Å². The van der Waals surface area contributed by atoms with Gasteiger partial charge in [-0.15, -0.1) is 0 Å². The van der Waals surface area contributed by atoms with Crippen molar-refractivity contribution in [2.24, 2.45) is 0 Å². The molecule has 1 amide bonds. The maximum atomic E-state index is 12.9. The Balaban J connectivity index is 1.82. The highest BCUT2D eigenvalue weighted by Gasteiger charge is 2.29. The molecule has 0 aliphatic carbocycles. The Morgan fingerprint density at radius 2 is 1.54 bits per heavy atom. The number of amides is 1. The molecule has 5 nitrogen and oxygen atoms in total. The molecule has 3 rings (SSSR count). The van der Waals surface area contributed by atoms with Crippen LogP contribution in [0.2, 0.25) is 0 Å². The monoisotopic (exact) mass is 348 g/mol. The van der Waals surface area contributed by atoms with E-state index in [1.165, 1.54) is 6.92 Å². The Morgan fingerprint density at radius 3 is 2.08 bits per heavy atom. The van der Waals surface area contributed by atoms with Crippen molar-refractivity contribution in [3.63, 3.8) is 0 Å². The number of nitrogens with one attached hydrogen (secondary N) is 1. The zero-order valence-corrected chi connectivity index (χ0v) is 14.5. The van der Waals surface area contributed by atoms with E-state index in [2.05, 4.69) is 0 Å². The third kappa shape index (κ3) is 3.57. The molecule has 0 spiro atoms. The van der Waals surface area contributed by atoms with E-state index >= 15 is 0 Å². The van der Waals surface area contributed by atoms with Gasteiger partial charge in [0.25, 0.3) is 5.91 Å². The van der Waals surface area contributed by atoms with Gasteiger partial charge in [0.15, 0.2) is 5.78 Å². The van der Waals surface area contributed by atoms with Crippen LogP contribution in [0.3, 0.4) is 0 Å². The Kier molecular flexibility index (Phi) is 4.98. The number of aliphatic hydroxyl groups is 1. The molecular formula is C21H20N2O3. The second-order valence-corrected chi connectivity index (χ2v) is 6.34. The van der Waals surface area contributed by atoms with Crippen molar-refractivity contribution < 1.29 is 14.7 Å². The Labute approximate surface area is 152 Å². The fraction of sp³-hybridized carbons (Fsp3) is 0.190. The standard InChI is InChI=1S/C21H20N2O3/c1-14(22)20(19(25)11-18(24)15-7-3-2-4-8-15)21(26)23-12-16-9-5-6-10-17(16)13-23/h2-10,22,25H,11-13H2,1H3/b20-19+,22-14?. The first-order chi connectivity index (χ1) is 12.5. The van der Waals surface area contributed by atoms with Crippen molar-refractivity contribution in [1.82, 2.24) is 4.90 Å². The van der Waals surface area contributed by atoms with Crippen molar-refractivity contribution in [3.8, 4) is 0 Å². The summed E-state index contributed by atoms with van der Waals surface area (Å²) in [6.45, 7) is 2.32. The number of carbonyl (C=O) groups is 2. The average molecular weight is 348 g/mol. The van der Waals surface area contributed by atoms with Gasteiger partial charge in [-0.1, -0.05) is 54.6 Å². The number of rotatable bonds is 5. The lowest BCUT2D eigenvalue weighted by molar-refractivity contribution is -0.127. The fourth-order valence-electron chi connectivity index (χ4n) is 3.10. The number of fused-ring (bicyclic) bond motifs is 1. The zero-order valence-electron chi connectivity index (χ0n) is 14.5. The van der Waals surface area contributed by atoms with E-state index in [4.69, 9.17) is 5.41 Å². The normalized spacial score (nSPS) is 13.8. The molecule has 132 valence electrons. The van der Waals surface area contributed by atoms with Gasteiger partial charge >= 0.3 is 0 Å². The molecule has 0 atom stereocenters. The lowest BCUT2D eigenvalue weighted by atomic mass is 10.0. The highest BCUT2D eigenvalue weighted by Crippen LogP contribution is 2.25. The maximum absolute atomic E-state index is 12.9. The summed E-state index contributed by atoms with van der Waals surface area (Å²) in [6, 6.07) is 16.4. The van der Waals surface area contributed by atoms with Crippen LogP contribution >= 0.6 is 0 Å². The molecule has 0 radical (unpaired) electrons. The number of allylic oxidation sites excluding steroid dienone is 1. The molecule has 0 saturated heterocycles. The summed E-state index contributed by atoms with van der Waals surface area (Å²) < 4.78 is 0. The van der Waals surface area contributed by atoms with E-state index in [0.717, 1.165) is 11.1 Å². The SMILES string of the molecule is CC(=N)/C(C(=O)N1Cc2ccccc2C1)=C(\O)CC(=O)c1ccccc1. The van der Waals surface area contributed by atoms with Crippen LogP contribution in [-0.4, -0.2) is 27.4 Å². The number of aliphatic hydroxyl groups excluding tert-OH is 1. The maximum Gasteiger partial charge on any atom is 0.259 e. The molecule has 2 N–H and O–H groups in total. The molecule has 0 unspecified atom stereocenters. The number of carbonyl (C=O) groups excluding carboxylic acids is 2. The second-order valence-electron chi connectivity index (χ2n) is 6.34. The first-order valence-corrected chi connectivity index (χ1v) is 8.39. The molecule has 2 aromatic carbocycles. The molecule has 0 bridgehead atoms. The van der Waals surface area contributed by atoms with E-state index in [9.17, 15) is 14.7 Å². The molecule has 1 aliphatic heterocycles. The minimum absolute atomic E-state index is 0.0516. The average Bonchev–Trinajstić information content (AvgIpc) is 3.06. The summed E-state index contributed by atoms with van der Waals surface area (Å²) in [5, 5.41) is 18.3. The van der Waals surface area contributed by atoms with E-state index < -0.39 is 5.91 Å². The highest BCUT2D eigenvalue weighted by atomic mass is 16.3. The van der Waals surface area contributed by atoms with Gasteiger partial charge < -0.3 is 15.4 Å². The second kappa shape index (κ2) is 7.35. The number of ketones is 1. The van der Waals surface area contributed by atoms with Gasteiger partial charge in [0, 0.05) is 24.4 Å². The number of benzene rings is 2. The van der Waals surface area contributed by atoms with Gasteiger partial charge in [-0.2, -0.15) is 0 Å². The van der Waals surface area contributed by atoms with Crippen molar-refractivity contribution >= 4 is 17.4 Å². The Bertz CT molecular complexity index is 875. The highest BCUT2D eigenvalue weighted by molar-refractivity contribution is 6.20. The van der Waals surface area contributed by atoms with Gasteiger partial charge in [-0.25, -0.2) is 0 Å². The van der Waals surface area contributed by atoms with Gasteiger partial charge in [0.2, 0.25) is 0 Å². The number of hydrogen-bond acceptors (Lipinski definition) is 4. The minimum atomic E-state index is -0.424. The van der Waals surface area contributed by atoms with E-state index in [1.54, 1.807) is 35.2 Å². The van der Waals surface area contributed by atoms with Crippen molar-refractivity contribution in [2.45, 2.75) is 26.4 Å². The third-order valence-electron chi connectivity index (χ3n) is 4.43. The van der Waals surface area contributed by atoms with Gasteiger partial charge in [-0.3, -0.25) is 9.59 Å². The van der Waals surface area contributed by atoms with E-state index in [0.29, 0.717) is 18.7 Å². The number of Topliss-reactive ketones (excluding diaryl/α,β-unsaturated/α-hetero) is 1. The third-order valence-corrected chi connectivity index (χ3v) is 4.43. The first kappa shape index (κ1) is 17.6. The molecule has 1 aliphatic rings. The summed E-state index contributed by atoms with van der Waals surface area (Å²) in [4.78, 5) is 26.8. The Morgan fingerprint density at radius 1 is 1.00 bits per heavy atom. The van der Waals surface area contributed by atoms with Crippen molar-refractivity contribution in [2.75, 3.05) is 0 Å². The smallest absolute Gasteiger partial charge is 0.259 e. The molecule has 5 heteroatoms. The lowest BCUT2D eigenvalue weighted by Crippen LogP contribution is -2.30. The quantitative estimate of drug-likeness (QED) is 0.374. The van der Waals surface area contributed by atoms with E-state index in [-0.39, 0.29) is 29.2 Å². The van der Waals surface area contributed by atoms with Crippen molar-refractivity contribution in [3.05, 3.63) is 82.6 Å². The van der Waals surface area contributed by atoms with Crippen molar-refractivity contribution in [1.29, 1.82) is 5.41 Å². The van der Waals surface area contributed by atoms with Gasteiger partial charge in [0.1, 0.15) is 5.76 Å². The molecule has 0 saturated carbocycles.